The number of nitrogens with zero attached hydrogens (tertiary/aromatic N) is 3. The zero-order valence-electron chi connectivity index (χ0n) is 13.0. The van der Waals surface area contributed by atoms with Crippen LogP contribution in [0.1, 0.15) is 16.2 Å². The number of alkyl halides is 3. The van der Waals surface area contributed by atoms with E-state index in [1.165, 1.54) is 0 Å². The third kappa shape index (κ3) is 2.65. The molecule has 130 valence electrons. The van der Waals surface area contributed by atoms with Crippen molar-refractivity contribution in [2.24, 2.45) is 0 Å². The minimum Gasteiger partial charge on any atom is -0.476 e. The van der Waals surface area contributed by atoms with Gasteiger partial charge in [0.15, 0.2) is 17.0 Å². The van der Waals surface area contributed by atoms with Gasteiger partial charge >= 0.3 is 12.1 Å². The van der Waals surface area contributed by atoms with E-state index in [1.807, 2.05) is 24.3 Å². The van der Waals surface area contributed by atoms with E-state index in [0.717, 1.165) is 22.9 Å². The number of carboxylic acids is 1. The molecule has 0 aliphatic carbocycles. The second kappa shape index (κ2) is 5.55. The van der Waals surface area contributed by atoms with E-state index in [2.05, 4.69) is 10.1 Å². The number of aromatic nitrogens is 3. The van der Waals surface area contributed by atoms with Crippen LogP contribution in [0.2, 0.25) is 0 Å². The Morgan fingerprint density at radius 2 is 1.73 bits per heavy atom. The summed E-state index contributed by atoms with van der Waals surface area (Å²) in [5.41, 5.74) is -1.18. The first-order valence-electron chi connectivity index (χ1n) is 7.53. The third-order valence-electron chi connectivity index (χ3n) is 3.98. The molecule has 26 heavy (non-hydrogen) atoms. The zero-order valence-corrected chi connectivity index (χ0v) is 13.0. The first kappa shape index (κ1) is 16.1. The molecule has 0 aliphatic rings. The number of aromatic carboxylic acids is 1. The molecule has 0 amide bonds. The summed E-state index contributed by atoms with van der Waals surface area (Å²) < 4.78 is 40.8. The van der Waals surface area contributed by atoms with Gasteiger partial charge in [-0.05, 0) is 22.9 Å². The van der Waals surface area contributed by atoms with Gasteiger partial charge in [0.2, 0.25) is 0 Å². The van der Waals surface area contributed by atoms with Crippen LogP contribution in [-0.2, 0) is 6.18 Å². The molecular weight excluding hydrogens is 347 g/mol. The van der Waals surface area contributed by atoms with E-state index in [0.29, 0.717) is 10.1 Å². The predicted molar refractivity (Wildman–Crippen MR) is 87.9 cm³/mol. The highest BCUT2D eigenvalue weighted by Gasteiger charge is 2.35. The van der Waals surface area contributed by atoms with Gasteiger partial charge in [-0.3, -0.25) is 0 Å². The highest BCUT2D eigenvalue weighted by molar-refractivity contribution is 5.88. The quantitative estimate of drug-likeness (QED) is 0.582. The fourth-order valence-corrected chi connectivity index (χ4v) is 2.78. The lowest BCUT2D eigenvalue weighted by Gasteiger charge is -2.11. The molecule has 8 heteroatoms. The minimum atomic E-state index is -4.71. The topological polar surface area (TPSA) is 67.5 Å². The van der Waals surface area contributed by atoms with Gasteiger partial charge in [0.25, 0.3) is 0 Å². The van der Waals surface area contributed by atoms with Crippen LogP contribution in [-0.4, -0.2) is 25.7 Å². The minimum absolute atomic E-state index is 0.0902. The van der Waals surface area contributed by atoms with Gasteiger partial charge in [0.1, 0.15) is 0 Å². The van der Waals surface area contributed by atoms with Crippen molar-refractivity contribution in [3.05, 3.63) is 66.0 Å². The van der Waals surface area contributed by atoms with Crippen molar-refractivity contribution in [1.29, 1.82) is 0 Å². The second-order valence-corrected chi connectivity index (χ2v) is 5.69. The largest absolute Gasteiger partial charge is 0.476 e. The Morgan fingerprint density at radius 1 is 1.00 bits per heavy atom. The zero-order chi connectivity index (χ0) is 18.5. The van der Waals surface area contributed by atoms with Crippen LogP contribution in [0.5, 0.6) is 0 Å². The standard InChI is InChI=1S/C18H10F3N3O2/c19-18(20,21)15-8-13(22-16-9-14(17(25)26)23-24(15)16)12-6-5-10-3-1-2-4-11(10)7-12/h1-9H,(H,25,26). The van der Waals surface area contributed by atoms with Crippen LogP contribution < -0.4 is 0 Å². The lowest BCUT2D eigenvalue weighted by atomic mass is 10.0. The van der Waals surface area contributed by atoms with Crippen molar-refractivity contribution in [1.82, 2.24) is 14.6 Å². The molecule has 0 saturated heterocycles. The molecule has 0 unspecified atom stereocenters. The Balaban J connectivity index is 1.98. The number of fused-ring (bicyclic) bond motifs is 2. The Labute approximate surface area is 144 Å². The van der Waals surface area contributed by atoms with Crippen LogP contribution in [0.3, 0.4) is 0 Å². The van der Waals surface area contributed by atoms with Crippen molar-refractivity contribution in [3.63, 3.8) is 0 Å². The van der Waals surface area contributed by atoms with Crippen LogP contribution in [0.4, 0.5) is 13.2 Å². The maximum Gasteiger partial charge on any atom is 0.433 e. The summed E-state index contributed by atoms with van der Waals surface area (Å²) in [5, 5.41) is 14.3. The van der Waals surface area contributed by atoms with Crippen LogP contribution in [0.15, 0.2) is 54.6 Å². The van der Waals surface area contributed by atoms with Crippen LogP contribution in [0, 0.1) is 0 Å². The van der Waals surface area contributed by atoms with Gasteiger partial charge in [0, 0.05) is 11.6 Å². The Kier molecular flexibility index (Phi) is 3.43. The number of halogens is 3. The van der Waals surface area contributed by atoms with Crippen LogP contribution >= 0.6 is 0 Å². The second-order valence-electron chi connectivity index (χ2n) is 5.69. The average Bonchev–Trinajstić information content (AvgIpc) is 3.04. The molecule has 0 spiro atoms. The van der Waals surface area contributed by atoms with E-state index in [4.69, 9.17) is 5.11 Å². The smallest absolute Gasteiger partial charge is 0.433 e. The van der Waals surface area contributed by atoms with E-state index in [1.54, 1.807) is 18.2 Å². The van der Waals surface area contributed by atoms with Gasteiger partial charge in [-0.1, -0.05) is 36.4 Å². The maximum absolute atomic E-state index is 13.4. The Hall–Kier alpha value is -3.42. The summed E-state index contributed by atoms with van der Waals surface area (Å²) in [6.45, 7) is 0. The Morgan fingerprint density at radius 3 is 2.42 bits per heavy atom. The molecule has 2 aromatic heterocycles. The molecule has 5 nitrogen and oxygen atoms in total. The molecule has 1 N–H and O–H groups in total. The van der Waals surface area contributed by atoms with Crippen molar-refractivity contribution in [3.8, 4) is 11.3 Å². The molecule has 2 heterocycles. The van der Waals surface area contributed by atoms with Gasteiger partial charge < -0.3 is 5.11 Å². The van der Waals surface area contributed by atoms with Gasteiger partial charge in [-0.25, -0.2) is 14.3 Å². The third-order valence-corrected chi connectivity index (χ3v) is 3.98. The molecule has 0 bridgehead atoms. The number of carbonyl (C=O) groups is 1. The van der Waals surface area contributed by atoms with Gasteiger partial charge in [0.05, 0.1) is 5.69 Å². The molecule has 4 aromatic rings. The monoisotopic (exact) mass is 357 g/mol. The van der Waals surface area contributed by atoms with Crippen molar-refractivity contribution in [2.45, 2.75) is 6.18 Å². The molecule has 0 atom stereocenters. The van der Waals surface area contributed by atoms with E-state index >= 15 is 0 Å². The molecule has 0 fully saturated rings. The molecule has 0 saturated carbocycles. The fraction of sp³-hybridized carbons (Fsp3) is 0.0556. The molecular formula is C18H10F3N3O2. The number of benzene rings is 2. The normalized spacial score (nSPS) is 12.0. The summed E-state index contributed by atoms with van der Waals surface area (Å²) in [5.74, 6) is -1.42. The first-order chi connectivity index (χ1) is 12.3. The molecule has 0 radical (unpaired) electrons. The number of carboxylic acid groups (broad SMARTS) is 1. The van der Waals surface area contributed by atoms with Crippen molar-refractivity contribution in [2.75, 3.05) is 0 Å². The highest BCUT2D eigenvalue weighted by atomic mass is 19.4. The van der Waals surface area contributed by atoms with E-state index in [-0.39, 0.29) is 11.3 Å². The SMILES string of the molecule is O=C(O)c1cc2nc(-c3ccc4ccccc4c3)cc(C(F)(F)F)n2n1. The maximum atomic E-state index is 13.4. The molecule has 4 rings (SSSR count). The van der Waals surface area contributed by atoms with Gasteiger partial charge in [-0.15, -0.1) is 0 Å². The van der Waals surface area contributed by atoms with Crippen LogP contribution in [0.25, 0.3) is 27.7 Å². The number of hydrogen-bond acceptors (Lipinski definition) is 3. The van der Waals surface area contributed by atoms with E-state index in [9.17, 15) is 18.0 Å². The predicted octanol–water partition coefficient (Wildman–Crippen LogP) is 4.27. The lowest BCUT2D eigenvalue weighted by Crippen LogP contribution is -2.14. The summed E-state index contributed by atoms with van der Waals surface area (Å²) in [7, 11) is 0. The fourth-order valence-electron chi connectivity index (χ4n) is 2.78. The highest BCUT2D eigenvalue weighted by Crippen LogP contribution is 2.33. The lowest BCUT2D eigenvalue weighted by molar-refractivity contribution is -0.142. The van der Waals surface area contributed by atoms with Crippen molar-refractivity contribution >= 4 is 22.4 Å². The van der Waals surface area contributed by atoms with Crippen molar-refractivity contribution < 1.29 is 23.1 Å². The summed E-state index contributed by atoms with van der Waals surface area (Å²) in [6.07, 6.45) is -4.71. The van der Waals surface area contributed by atoms with Gasteiger partial charge in [-0.2, -0.15) is 18.3 Å². The summed E-state index contributed by atoms with van der Waals surface area (Å²) in [6, 6.07) is 14.5. The Bertz CT molecular complexity index is 1170. The average molecular weight is 357 g/mol. The first-order valence-corrected chi connectivity index (χ1v) is 7.53. The summed E-state index contributed by atoms with van der Waals surface area (Å²) >= 11 is 0. The summed E-state index contributed by atoms with van der Waals surface area (Å²) in [4.78, 5) is 15.2. The number of rotatable bonds is 2. The molecule has 0 aliphatic heterocycles. The molecule has 2 aromatic carbocycles. The number of hydrogen-bond donors (Lipinski definition) is 1. The van der Waals surface area contributed by atoms with E-state index < -0.39 is 23.5 Å².